The molecule has 7 heteroatoms. The number of nitrogens with two attached hydrogens (primary N) is 1. The summed E-state index contributed by atoms with van der Waals surface area (Å²) >= 11 is 1.89. The highest BCUT2D eigenvalue weighted by Gasteiger charge is 2.22. The van der Waals surface area contributed by atoms with Gasteiger partial charge in [-0.1, -0.05) is 5.16 Å². The van der Waals surface area contributed by atoms with E-state index >= 15 is 0 Å². The van der Waals surface area contributed by atoms with Crippen LogP contribution in [0.1, 0.15) is 17.3 Å². The average molecular weight is 365 g/mol. The molecule has 0 aliphatic heterocycles. The number of hydrogen-bond acceptors (Lipinski definition) is 3. The highest BCUT2D eigenvalue weighted by Crippen LogP contribution is 2.16. The number of nitrogens with zero attached hydrogens (tertiary/aromatic N) is 2. The molecule has 0 heterocycles. The molecule has 0 aromatic heterocycles. The first kappa shape index (κ1) is 14.7. The van der Waals surface area contributed by atoms with E-state index in [-0.39, 0.29) is 11.7 Å². The largest absolute Gasteiger partial charge is 0.409 e. The number of amidine groups is 1. The van der Waals surface area contributed by atoms with E-state index in [1.54, 1.807) is 6.92 Å². The third kappa shape index (κ3) is 3.09. The monoisotopic (exact) mass is 365 g/mol. The smallest absolute Gasteiger partial charge is 0.255 e. The number of carbonyl (C=O) groups excluding carboxylic acids is 1. The van der Waals surface area contributed by atoms with Crippen molar-refractivity contribution < 1.29 is 14.4 Å². The second-order valence-corrected chi connectivity index (χ2v) is 4.90. The van der Waals surface area contributed by atoms with Gasteiger partial charge in [-0.3, -0.25) is 4.79 Å². The number of rotatable bonds is 3. The van der Waals surface area contributed by atoms with Crippen molar-refractivity contribution in [2.45, 2.75) is 13.0 Å². The zero-order valence-corrected chi connectivity index (χ0v) is 12.1. The number of halogens is 2. The number of carbonyl (C=O) groups is 1. The van der Waals surface area contributed by atoms with E-state index in [9.17, 15) is 9.18 Å². The van der Waals surface area contributed by atoms with Crippen molar-refractivity contribution in [1.29, 1.82) is 0 Å². The van der Waals surface area contributed by atoms with Crippen LogP contribution < -0.4 is 5.73 Å². The molecule has 0 fully saturated rings. The number of amides is 1. The van der Waals surface area contributed by atoms with Crippen LogP contribution in [0.5, 0.6) is 0 Å². The molecule has 0 saturated heterocycles. The minimum atomic E-state index is -0.552. The highest BCUT2D eigenvalue weighted by atomic mass is 127. The molecule has 0 radical (unpaired) electrons. The molecule has 0 spiro atoms. The minimum absolute atomic E-state index is 0.0667. The summed E-state index contributed by atoms with van der Waals surface area (Å²) in [7, 11) is 1.53. The summed E-state index contributed by atoms with van der Waals surface area (Å²) in [6.07, 6.45) is 0. The molecule has 1 amide bonds. The topological polar surface area (TPSA) is 78.9 Å². The molecule has 1 atom stereocenters. The van der Waals surface area contributed by atoms with Crippen LogP contribution in [0, 0.1) is 9.39 Å². The molecule has 3 N–H and O–H groups in total. The Bertz CT molecular complexity index is 493. The van der Waals surface area contributed by atoms with Crippen LogP contribution in [-0.2, 0) is 0 Å². The molecule has 0 aliphatic carbocycles. The van der Waals surface area contributed by atoms with Gasteiger partial charge < -0.3 is 15.8 Å². The van der Waals surface area contributed by atoms with Crippen LogP contribution in [0.4, 0.5) is 4.39 Å². The third-order valence-corrected chi connectivity index (χ3v) is 3.50. The van der Waals surface area contributed by atoms with Crippen LogP contribution in [0.15, 0.2) is 23.4 Å². The van der Waals surface area contributed by atoms with Gasteiger partial charge >= 0.3 is 0 Å². The van der Waals surface area contributed by atoms with Crippen molar-refractivity contribution in [2.75, 3.05) is 7.05 Å². The van der Waals surface area contributed by atoms with Gasteiger partial charge in [0.15, 0.2) is 5.84 Å². The van der Waals surface area contributed by atoms with Crippen molar-refractivity contribution in [2.24, 2.45) is 10.9 Å². The molecule has 5 nitrogen and oxygen atoms in total. The molecule has 18 heavy (non-hydrogen) atoms. The zero-order chi connectivity index (χ0) is 13.9. The van der Waals surface area contributed by atoms with E-state index in [4.69, 9.17) is 10.9 Å². The Hall–Kier alpha value is -1.38. The Labute approximate surface area is 118 Å². The number of oxime groups is 1. The Balaban J connectivity index is 3.00. The SMILES string of the molecule is CC(/C(N)=N/O)N(C)C(=O)c1ccc(F)cc1I. The molecule has 0 bridgehead atoms. The summed E-state index contributed by atoms with van der Waals surface area (Å²) in [6.45, 7) is 1.63. The quantitative estimate of drug-likeness (QED) is 0.281. The van der Waals surface area contributed by atoms with Crippen LogP contribution in [-0.4, -0.2) is 34.9 Å². The predicted octanol–water partition coefficient (Wildman–Crippen LogP) is 1.64. The van der Waals surface area contributed by atoms with Gasteiger partial charge in [0.05, 0.1) is 11.6 Å². The summed E-state index contributed by atoms with van der Waals surface area (Å²) in [5.41, 5.74) is 5.81. The summed E-state index contributed by atoms with van der Waals surface area (Å²) in [6, 6.07) is 3.35. The van der Waals surface area contributed by atoms with E-state index in [2.05, 4.69) is 5.16 Å². The summed E-state index contributed by atoms with van der Waals surface area (Å²) in [5, 5.41) is 11.4. The predicted molar refractivity (Wildman–Crippen MR) is 74.1 cm³/mol. The fourth-order valence-electron chi connectivity index (χ4n) is 1.31. The Morgan fingerprint density at radius 1 is 1.61 bits per heavy atom. The van der Waals surface area contributed by atoms with Crippen LogP contribution in [0.2, 0.25) is 0 Å². The van der Waals surface area contributed by atoms with E-state index < -0.39 is 11.9 Å². The normalized spacial score (nSPS) is 13.2. The lowest BCUT2D eigenvalue weighted by atomic mass is 10.1. The van der Waals surface area contributed by atoms with Crippen LogP contribution >= 0.6 is 22.6 Å². The Kier molecular flexibility index (Phi) is 4.88. The number of likely N-dealkylation sites (N-methyl/N-ethyl adjacent to an activating group) is 1. The first-order valence-electron chi connectivity index (χ1n) is 5.08. The van der Waals surface area contributed by atoms with Gasteiger partial charge in [0.1, 0.15) is 5.82 Å². The first-order valence-corrected chi connectivity index (χ1v) is 6.16. The van der Waals surface area contributed by atoms with Crippen LogP contribution in [0.25, 0.3) is 0 Å². The van der Waals surface area contributed by atoms with Gasteiger partial charge in [0, 0.05) is 10.6 Å². The molecule has 1 aromatic carbocycles. The summed E-state index contributed by atoms with van der Waals surface area (Å²) in [4.78, 5) is 13.5. The molecular weight excluding hydrogens is 352 g/mol. The highest BCUT2D eigenvalue weighted by molar-refractivity contribution is 14.1. The lowest BCUT2D eigenvalue weighted by molar-refractivity contribution is 0.0775. The van der Waals surface area contributed by atoms with E-state index in [0.717, 1.165) is 0 Å². The molecule has 0 aliphatic rings. The molecule has 1 aromatic rings. The summed E-state index contributed by atoms with van der Waals surface area (Å²) < 4.78 is 13.5. The maximum absolute atomic E-state index is 13.0. The third-order valence-electron chi connectivity index (χ3n) is 2.61. The van der Waals surface area contributed by atoms with Crippen molar-refractivity contribution in [3.63, 3.8) is 0 Å². The maximum Gasteiger partial charge on any atom is 0.255 e. The van der Waals surface area contributed by atoms with Crippen LogP contribution in [0.3, 0.4) is 0 Å². The van der Waals surface area contributed by atoms with E-state index in [1.165, 1.54) is 30.1 Å². The van der Waals surface area contributed by atoms with Gasteiger partial charge in [0.25, 0.3) is 5.91 Å². The van der Waals surface area contributed by atoms with Crippen molar-refractivity contribution >= 4 is 34.3 Å². The maximum atomic E-state index is 13.0. The van der Waals surface area contributed by atoms with Crippen molar-refractivity contribution in [3.8, 4) is 0 Å². The molecular formula is C11H13FIN3O2. The van der Waals surface area contributed by atoms with Gasteiger partial charge in [-0.05, 0) is 47.7 Å². The Morgan fingerprint density at radius 2 is 2.22 bits per heavy atom. The van der Waals surface area contributed by atoms with Gasteiger partial charge in [-0.2, -0.15) is 0 Å². The average Bonchev–Trinajstić information content (AvgIpc) is 2.35. The molecule has 98 valence electrons. The fraction of sp³-hybridized carbons (Fsp3) is 0.273. The first-order chi connectivity index (χ1) is 8.38. The zero-order valence-electron chi connectivity index (χ0n) is 9.89. The van der Waals surface area contributed by atoms with Crippen molar-refractivity contribution in [1.82, 2.24) is 4.90 Å². The number of hydrogen-bond donors (Lipinski definition) is 2. The summed E-state index contributed by atoms with van der Waals surface area (Å²) in [5.74, 6) is -0.787. The van der Waals surface area contributed by atoms with E-state index in [1.807, 2.05) is 22.6 Å². The van der Waals surface area contributed by atoms with Gasteiger partial charge in [-0.25, -0.2) is 4.39 Å². The minimum Gasteiger partial charge on any atom is -0.409 e. The lowest BCUT2D eigenvalue weighted by Crippen LogP contribution is -2.44. The Morgan fingerprint density at radius 3 is 2.72 bits per heavy atom. The second kappa shape index (κ2) is 5.98. The lowest BCUT2D eigenvalue weighted by Gasteiger charge is -2.24. The van der Waals surface area contributed by atoms with Gasteiger partial charge in [-0.15, -0.1) is 0 Å². The molecule has 1 unspecified atom stereocenters. The molecule has 1 rings (SSSR count). The fourth-order valence-corrected chi connectivity index (χ4v) is 2.02. The number of benzene rings is 1. The molecule has 0 saturated carbocycles. The second-order valence-electron chi connectivity index (χ2n) is 3.74. The van der Waals surface area contributed by atoms with E-state index in [0.29, 0.717) is 9.13 Å². The van der Waals surface area contributed by atoms with Gasteiger partial charge in [0.2, 0.25) is 0 Å². The van der Waals surface area contributed by atoms with Crippen molar-refractivity contribution in [3.05, 3.63) is 33.1 Å². The standard InChI is InChI=1S/C11H13FIN3O2/c1-6(10(14)15-18)16(2)11(17)8-4-3-7(12)5-9(8)13/h3-6,18H,1-2H3,(H2,14,15).